The summed E-state index contributed by atoms with van der Waals surface area (Å²) in [5.74, 6) is -0.0395. The second-order valence-corrected chi connectivity index (χ2v) is 6.51. The normalized spacial score (nSPS) is 10.5. The maximum absolute atomic E-state index is 12.2. The second-order valence-electron chi connectivity index (χ2n) is 5.45. The van der Waals surface area contributed by atoms with Gasteiger partial charge in [-0.2, -0.15) is 0 Å². The summed E-state index contributed by atoms with van der Waals surface area (Å²) >= 11 is 1.65. The highest BCUT2D eigenvalue weighted by molar-refractivity contribution is 7.09. The van der Waals surface area contributed by atoms with Gasteiger partial charge in [-0.25, -0.2) is 4.98 Å². The number of hydrogen-bond acceptors (Lipinski definition) is 3. The molecule has 0 aliphatic heterocycles. The van der Waals surface area contributed by atoms with Gasteiger partial charge in [0.2, 0.25) is 0 Å². The van der Waals surface area contributed by atoms with Gasteiger partial charge in [0, 0.05) is 23.1 Å². The van der Waals surface area contributed by atoms with E-state index >= 15 is 0 Å². The molecule has 1 amide bonds. The summed E-state index contributed by atoms with van der Waals surface area (Å²) in [6.45, 7) is 4.47. The van der Waals surface area contributed by atoms with Crippen LogP contribution in [0.15, 0.2) is 53.9 Å². The van der Waals surface area contributed by atoms with Crippen molar-refractivity contribution in [2.24, 2.45) is 0 Å². The molecule has 0 aliphatic carbocycles. The Balaban J connectivity index is 1.65. The highest BCUT2D eigenvalue weighted by atomic mass is 32.1. The van der Waals surface area contributed by atoms with Crippen LogP contribution in [0.3, 0.4) is 0 Å². The van der Waals surface area contributed by atoms with E-state index in [1.807, 2.05) is 62.4 Å². The van der Waals surface area contributed by atoms with E-state index in [2.05, 4.69) is 15.7 Å². The lowest BCUT2D eigenvalue weighted by Gasteiger charge is -2.08. The van der Waals surface area contributed by atoms with Crippen molar-refractivity contribution in [2.75, 3.05) is 0 Å². The summed E-state index contributed by atoms with van der Waals surface area (Å²) in [5, 5.41) is 6.09. The van der Waals surface area contributed by atoms with E-state index in [1.165, 1.54) is 0 Å². The molecule has 116 valence electrons. The van der Waals surface area contributed by atoms with Gasteiger partial charge in [-0.3, -0.25) is 4.79 Å². The number of thiazole rings is 1. The summed E-state index contributed by atoms with van der Waals surface area (Å²) in [6.07, 6.45) is 0. The Morgan fingerprint density at radius 1 is 1.09 bits per heavy atom. The van der Waals surface area contributed by atoms with Gasteiger partial charge in [-0.05, 0) is 31.0 Å². The number of rotatable bonds is 4. The zero-order valence-corrected chi connectivity index (χ0v) is 14.0. The molecular formula is C19H18N2OS. The Hall–Kier alpha value is -2.46. The van der Waals surface area contributed by atoms with Crippen molar-refractivity contribution in [2.45, 2.75) is 20.4 Å². The SMILES string of the molecule is Cc1nc(-c2ccc(CNC(=O)c3ccccc3C)cc2)cs1. The third kappa shape index (κ3) is 3.66. The fourth-order valence-electron chi connectivity index (χ4n) is 2.39. The molecular weight excluding hydrogens is 304 g/mol. The van der Waals surface area contributed by atoms with Crippen molar-refractivity contribution in [1.82, 2.24) is 10.3 Å². The number of aryl methyl sites for hydroxylation is 2. The van der Waals surface area contributed by atoms with Crippen molar-refractivity contribution in [3.8, 4) is 11.3 Å². The molecule has 1 N–H and O–H groups in total. The molecule has 0 fully saturated rings. The van der Waals surface area contributed by atoms with Gasteiger partial charge in [0.05, 0.1) is 10.7 Å². The Kier molecular flexibility index (Phi) is 4.53. The standard InChI is InChI=1S/C19H18N2OS/c1-13-5-3-4-6-17(13)19(22)20-11-15-7-9-16(10-8-15)18-12-23-14(2)21-18/h3-10,12H,11H2,1-2H3,(H,20,22). The fourth-order valence-corrected chi connectivity index (χ4v) is 3.02. The molecule has 2 aromatic carbocycles. The first-order chi connectivity index (χ1) is 11.1. The number of carbonyl (C=O) groups is 1. The molecule has 0 saturated carbocycles. The lowest BCUT2D eigenvalue weighted by atomic mass is 10.1. The largest absolute Gasteiger partial charge is 0.348 e. The quantitative estimate of drug-likeness (QED) is 0.775. The molecule has 0 spiro atoms. The first kappa shape index (κ1) is 15.4. The molecule has 0 atom stereocenters. The highest BCUT2D eigenvalue weighted by Crippen LogP contribution is 2.21. The van der Waals surface area contributed by atoms with Crippen LogP contribution in [0.25, 0.3) is 11.3 Å². The van der Waals surface area contributed by atoms with Crippen LogP contribution in [0.1, 0.15) is 26.5 Å². The van der Waals surface area contributed by atoms with E-state index in [0.717, 1.165) is 33.0 Å². The van der Waals surface area contributed by atoms with E-state index in [9.17, 15) is 4.79 Å². The van der Waals surface area contributed by atoms with Gasteiger partial charge in [0.25, 0.3) is 5.91 Å². The van der Waals surface area contributed by atoms with E-state index in [4.69, 9.17) is 0 Å². The predicted octanol–water partition coefficient (Wildman–Crippen LogP) is 4.36. The summed E-state index contributed by atoms with van der Waals surface area (Å²) in [5.41, 5.74) is 4.88. The van der Waals surface area contributed by atoms with E-state index < -0.39 is 0 Å². The molecule has 0 radical (unpaired) electrons. The number of hydrogen-bond donors (Lipinski definition) is 1. The number of nitrogens with one attached hydrogen (secondary N) is 1. The zero-order valence-electron chi connectivity index (χ0n) is 13.2. The Morgan fingerprint density at radius 2 is 1.83 bits per heavy atom. The summed E-state index contributed by atoms with van der Waals surface area (Å²) < 4.78 is 0. The third-order valence-electron chi connectivity index (χ3n) is 3.71. The summed E-state index contributed by atoms with van der Waals surface area (Å²) in [6, 6.07) is 15.8. The number of benzene rings is 2. The highest BCUT2D eigenvalue weighted by Gasteiger charge is 2.08. The summed E-state index contributed by atoms with van der Waals surface area (Å²) in [7, 11) is 0. The lowest BCUT2D eigenvalue weighted by Crippen LogP contribution is -2.23. The maximum atomic E-state index is 12.2. The van der Waals surface area contributed by atoms with Crippen molar-refractivity contribution >= 4 is 17.2 Å². The predicted molar refractivity (Wildman–Crippen MR) is 94.6 cm³/mol. The van der Waals surface area contributed by atoms with Crippen LogP contribution in [0.4, 0.5) is 0 Å². The Bertz CT molecular complexity index is 821. The number of carbonyl (C=O) groups excluding carboxylic acids is 1. The van der Waals surface area contributed by atoms with E-state index in [0.29, 0.717) is 6.54 Å². The zero-order chi connectivity index (χ0) is 16.2. The Labute approximate surface area is 140 Å². The summed E-state index contributed by atoms with van der Waals surface area (Å²) in [4.78, 5) is 16.7. The smallest absolute Gasteiger partial charge is 0.251 e. The minimum Gasteiger partial charge on any atom is -0.348 e. The van der Waals surface area contributed by atoms with Gasteiger partial charge < -0.3 is 5.32 Å². The minimum absolute atomic E-state index is 0.0395. The molecule has 0 unspecified atom stereocenters. The second kappa shape index (κ2) is 6.75. The number of amides is 1. The van der Waals surface area contributed by atoms with Crippen LogP contribution >= 0.6 is 11.3 Å². The number of aromatic nitrogens is 1. The van der Waals surface area contributed by atoms with Crippen LogP contribution in [0, 0.1) is 13.8 Å². The van der Waals surface area contributed by atoms with Gasteiger partial charge in [0.1, 0.15) is 0 Å². The molecule has 1 aromatic heterocycles. The molecule has 3 aromatic rings. The molecule has 23 heavy (non-hydrogen) atoms. The van der Waals surface area contributed by atoms with Crippen LogP contribution < -0.4 is 5.32 Å². The van der Waals surface area contributed by atoms with Crippen molar-refractivity contribution in [1.29, 1.82) is 0 Å². The molecule has 0 aliphatic rings. The minimum atomic E-state index is -0.0395. The van der Waals surface area contributed by atoms with Crippen LogP contribution in [0.5, 0.6) is 0 Å². The maximum Gasteiger partial charge on any atom is 0.251 e. The van der Waals surface area contributed by atoms with Crippen molar-refractivity contribution < 1.29 is 4.79 Å². The van der Waals surface area contributed by atoms with Crippen LogP contribution in [-0.2, 0) is 6.54 Å². The van der Waals surface area contributed by atoms with Crippen molar-refractivity contribution in [3.05, 3.63) is 75.6 Å². The first-order valence-electron chi connectivity index (χ1n) is 7.49. The van der Waals surface area contributed by atoms with E-state index in [1.54, 1.807) is 11.3 Å². The molecule has 0 bridgehead atoms. The van der Waals surface area contributed by atoms with Gasteiger partial charge in [0.15, 0.2) is 0 Å². The van der Waals surface area contributed by atoms with Gasteiger partial charge in [-0.1, -0.05) is 42.5 Å². The fraction of sp³-hybridized carbons (Fsp3) is 0.158. The lowest BCUT2D eigenvalue weighted by molar-refractivity contribution is 0.0950. The number of nitrogens with zero attached hydrogens (tertiary/aromatic N) is 1. The van der Waals surface area contributed by atoms with E-state index in [-0.39, 0.29) is 5.91 Å². The average molecular weight is 322 g/mol. The Morgan fingerprint density at radius 3 is 2.48 bits per heavy atom. The molecule has 0 saturated heterocycles. The van der Waals surface area contributed by atoms with Crippen LogP contribution in [-0.4, -0.2) is 10.9 Å². The molecule has 3 rings (SSSR count). The van der Waals surface area contributed by atoms with Crippen molar-refractivity contribution in [3.63, 3.8) is 0 Å². The molecule has 3 nitrogen and oxygen atoms in total. The van der Waals surface area contributed by atoms with Gasteiger partial charge in [-0.15, -0.1) is 11.3 Å². The van der Waals surface area contributed by atoms with Gasteiger partial charge >= 0.3 is 0 Å². The average Bonchev–Trinajstić information content (AvgIpc) is 3.00. The monoisotopic (exact) mass is 322 g/mol. The molecule has 1 heterocycles. The molecule has 4 heteroatoms. The van der Waals surface area contributed by atoms with Crippen LogP contribution in [0.2, 0.25) is 0 Å². The first-order valence-corrected chi connectivity index (χ1v) is 8.37. The topological polar surface area (TPSA) is 42.0 Å². The third-order valence-corrected chi connectivity index (χ3v) is 4.48.